The van der Waals surface area contributed by atoms with Crippen LogP contribution in [0.25, 0.3) is 0 Å². The predicted molar refractivity (Wildman–Crippen MR) is 91.1 cm³/mol. The lowest BCUT2D eigenvalue weighted by atomic mass is 9.92. The molecular formula is C18H19N3O4. The van der Waals surface area contributed by atoms with E-state index in [-0.39, 0.29) is 5.88 Å². The van der Waals surface area contributed by atoms with Crippen LogP contribution in [0.15, 0.2) is 52.0 Å². The monoisotopic (exact) mass is 341 g/mol. The van der Waals surface area contributed by atoms with Crippen molar-refractivity contribution in [3.8, 4) is 0 Å². The summed E-state index contributed by atoms with van der Waals surface area (Å²) in [4.78, 5) is 18.6. The van der Waals surface area contributed by atoms with Gasteiger partial charge in [-0.15, -0.1) is 0 Å². The molecule has 2 aliphatic rings. The van der Waals surface area contributed by atoms with Gasteiger partial charge in [0, 0.05) is 18.7 Å². The number of nitro groups is 1. The first-order valence-corrected chi connectivity index (χ1v) is 8.49. The normalized spacial score (nSPS) is 23.9. The van der Waals surface area contributed by atoms with Crippen molar-refractivity contribution in [3.63, 3.8) is 0 Å². The Hall–Kier alpha value is -2.67. The average molecular weight is 341 g/mol. The van der Waals surface area contributed by atoms with Gasteiger partial charge >= 0.3 is 5.88 Å². The van der Waals surface area contributed by atoms with Crippen LogP contribution < -0.4 is 0 Å². The van der Waals surface area contributed by atoms with Crippen LogP contribution in [0.1, 0.15) is 37.0 Å². The van der Waals surface area contributed by atoms with E-state index >= 15 is 0 Å². The summed E-state index contributed by atoms with van der Waals surface area (Å²) in [7, 11) is 0. The standard InChI is InChI=1S/C18H19N3O4/c22-21(23)17-10-9-16(24-17)15-13-18(25-19-15,14-7-3-1-4-8-14)20-11-5-2-6-12-20/h1,3-4,7-10H,2,5-6,11-13H2. The lowest BCUT2D eigenvalue weighted by Crippen LogP contribution is -2.49. The molecule has 1 saturated heterocycles. The van der Waals surface area contributed by atoms with Gasteiger partial charge < -0.3 is 9.25 Å². The molecule has 130 valence electrons. The van der Waals surface area contributed by atoms with Crippen LogP contribution in [0, 0.1) is 10.1 Å². The van der Waals surface area contributed by atoms with Gasteiger partial charge in [-0.25, -0.2) is 0 Å². The molecule has 0 radical (unpaired) electrons. The zero-order valence-electron chi connectivity index (χ0n) is 13.8. The quantitative estimate of drug-likeness (QED) is 0.626. The van der Waals surface area contributed by atoms with Crippen molar-refractivity contribution in [1.82, 2.24) is 4.90 Å². The maximum atomic E-state index is 10.9. The summed E-state index contributed by atoms with van der Waals surface area (Å²) in [5.41, 5.74) is 0.970. The molecule has 1 fully saturated rings. The number of rotatable bonds is 4. The van der Waals surface area contributed by atoms with E-state index in [0.29, 0.717) is 17.9 Å². The van der Waals surface area contributed by atoms with Gasteiger partial charge in [-0.3, -0.25) is 15.0 Å². The fourth-order valence-electron chi connectivity index (χ4n) is 3.60. The summed E-state index contributed by atoms with van der Waals surface area (Å²) in [6.07, 6.45) is 3.97. The highest BCUT2D eigenvalue weighted by Crippen LogP contribution is 2.41. The second-order valence-electron chi connectivity index (χ2n) is 6.40. The van der Waals surface area contributed by atoms with Crippen molar-refractivity contribution in [3.05, 3.63) is 63.9 Å². The molecule has 2 aromatic rings. The first-order valence-electron chi connectivity index (χ1n) is 8.49. The second kappa shape index (κ2) is 6.33. The van der Waals surface area contributed by atoms with E-state index in [0.717, 1.165) is 31.5 Å². The number of nitrogens with zero attached hydrogens (tertiary/aromatic N) is 3. The lowest BCUT2D eigenvalue weighted by molar-refractivity contribution is -0.402. The van der Waals surface area contributed by atoms with Crippen LogP contribution in [0.4, 0.5) is 5.88 Å². The van der Waals surface area contributed by atoms with E-state index in [1.165, 1.54) is 12.5 Å². The summed E-state index contributed by atoms with van der Waals surface area (Å²) in [6, 6.07) is 13.0. The zero-order chi connectivity index (χ0) is 17.3. The molecule has 0 amide bonds. The molecule has 2 aliphatic heterocycles. The van der Waals surface area contributed by atoms with Crippen LogP contribution in [-0.2, 0) is 10.6 Å². The van der Waals surface area contributed by atoms with Crippen LogP contribution in [0.3, 0.4) is 0 Å². The van der Waals surface area contributed by atoms with Gasteiger partial charge in [0.25, 0.3) is 0 Å². The minimum absolute atomic E-state index is 0.284. The van der Waals surface area contributed by atoms with Gasteiger partial charge in [0.1, 0.15) is 10.6 Å². The maximum absolute atomic E-state index is 10.9. The fourth-order valence-corrected chi connectivity index (χ4v) is 3.60. The molecule has 4 rings (SSSR count). The third-order valence-electron chi connectivity index (χ3n) is 4.86. The molecule has 0 spiro atoms. The van der Waals surface area contributed by atoms with Gasteiger partial charge in [-0.05, 0) is 18.9 Å². The first kappa shape index (κ1) is 15.8. The number of hydrogen-bond donors (Lipinski definition) is 0. The molecule has 7 nitrogen and oxygen atoms in total. The number of benzene rings is 1. The summed E-state index contributed by atoms with van der Waals surface area (Å²) < 4.78 is 5.32. The van der Waals surface area contributed by atoms with Crippen molar-refractivity contribution in [1.29, 1.82) is 0 Å². The highest BCUT2D eigenvalue weighted by molar-refractivity contribution is 5.99. The Labute approximate surface area is 145 Å². The zero-order valence-corrected chi connectivity index (χ0v) is 13.8. The van der Waals surface area contributed by atoms with Crippen LogP contribution in [0.5, 0.6) is 0 Å². The molecule has 0 saturated carbocycles. The van der Waals surface area contributed by atoms with Crippen molar-refractivity contribution in [2.24, 2.45) is 5.16 Å². The molecular weight excluding hydrogens is 322 g/mol. The van der Waals surface area contributed by atoms with Crippen molar-refractivity contribution >= 4 is 11.6 Å². The maximum Gasteiger partial charge on any atom is 0.433 e. The van der Waals surface area contributed by atoms with E-state index in [1.807, 2.05) is 30.3 Å². The Morgan fingerprint density at radius 3 is 2.52 bits per heavy atom. The highest BCUT2D eigenvalue weighted by Gasteiger charge is 2.47. The predicted octanol–water partition coefficient (Wildman–Crippen LogP) is 3.65. The molecule has 0 N–H and O–H groups in total. The summed E-state index contributed by atoms with van der Waals surface area (Å²) in [5.74, 6) is 0.106. The van der Waals surface area contributed by atoms with Crippen molar-refractivity contribution in [2.75, 3.05) is 13.1 Å². The molecule has 1 aromatic carbocycles. The molecule has 0 bridgehead atoms. The fraction of sp³-hybridized carbons (Fsp3) is 0.389. The Morgan fingerprint density at radius 2 is 1.84 bits per heavy atom. The summed E-state index contributed by atoms with van der Waals surface area (Å²) >= 11 is 0. The molecule has 1 atom stereocenters. The van der Waals surface area contributed by atoms with Gasteiger partial charge in [-0.2, -0.15) is 0 Å². The summed E-state index contributed by atoms with van der Waals surface area (Å²) in [6.45, 7) is 1.88. The first-order chi connectivity index (χ1) is 12.2. The number of furan rings is 1. The van der Waals surface area contributed by atoms with Crippen LogP contribution >= 0.6 is 0 Å². The average Bonchev–Trinajstić information content (AvgIpc) is 3.31. The van der Waals surface area contributed by atoms with Crippen molar-refractivity contribution in [2.45, 2.75) is 31.4 Å². The lowest BCUT2D eigenvalue weighted by Gasteiger charge is -2.41. The Kier molecular flexibility index (Phi) is 4.01. The van der Waals surface area contributed by atoms with E-state index in [1.54, 1.807) is 6.07 Å². The number of hydrogen-bond acceptors (Lipinski definition) is 6. The van der Waals surface area contributed by atoms with Crippen LogP contribution in [-0.4, -0.2) is 28.6 Å². The number of likely N-dealkylation sites (tertiary alicyclic amines) is 1. The molecule has 1 aromatic heterocycles. The molecule has 3 heterocycles. The van der Waals surface area contributed by atoms with E-state index in [2.05, 4.69) is 10.1 Å². The van der Waals surface area contributed by atoms with Gasteiger partial charge in [0.05, 0.1) is 12.5 Å². The minimum Gasteiger partial charge on any atom is -0.399 e. The largest absolute Gasteiger partial charge is 0.433 e. The SMILES string of the molecule is O=[N+]([O-])c1ccc(C2=NOC(c3ccccc3)(N3CCCCC3)C2)o1. The third kappa shape index (κ3) is 2.80. The topological polar surface area (TPSA) is 81.1 Å². The number of piperidine rings is 1. The van der Waals surface area contributed by atoms with Gasteiger partial charge in [0.15, 0.2) is 5.76 Å². The highest BCUT2D eigenvalue weighted by atomic mass is 16.7. The second-order valence-corrected chi connectivity index (χ2v) is 6.40. The van der Waals surface area contributed by atoms with E-state index in [4.69, 9.17) is 9.25 Å². The molecule has 1 unspecified atom stereocenters. The van der Waals surface area contributed by atoms with Gasteiger partial charge in [-0.1, -0.05) is 41.9 Å². The van der Waals surface area contributed by atoms with E-state index < -0.39 is 10.6 Å². The molecule has 7 heteroatoms. The minimum atomic E-state index is -0.668. The van der Waals surface area contributed by atoms with Crippen LogP contribution in [0.2, 0.25) is 0 Å². The summed E-state index contributed by atoms with van der Waals surface area (Å²) in [5, 5.41) is 15.1. The Bertz CT molecular complexity index is 796. The van der Waals surface area contributed by atoms with Gasteiger partial charge in [0.2, 0.25) is 5.72 Å². The smallest absolute Gasteiger partial charge is 0.399 e. The van der Waals surface area contributed by atoms with Crippen molar-refractivity contribution < 1.29 is 14.2 Å². The van der Waals surface area contributed by atoms with E-state index in [9.17, 15) is 10.1 Å². The Balaban J connectivity index is 1.66. The number of oxime groups is 1. The molecule has 0 aliphatic carbocycles. The molecule has 25 heavy (non-hydrogen) atoms. The third-order valence-corrected chi connectivity index (χ3v) is 4.86. The Morgan fingerprint density at radius 1 is 1.08 bits per heavy atom.